The SMILES string of the molecule is O=C(NCc1ccccc1)C(=O)NC[C@@H](c1cccnc1)N1CCN(c2ccc(F)cc2)CC1. The van der Waals surface area contributed by atoms with Gasteiger partial charge in [0.1, 0.15) is 5.82 Å². The molecule has 0 spiro atoms. The summed E-state index contributed by atoms with van der Waals surface area (Å²) in [5.74, 6) is -1.56. The van der Waals surface area contributed by atoms with Crippen molar-refractivity contribution in [2.24, 2.45) is 0 Å². The fraction of sp³-hybridized carbons (Fsp3) is 0.269. The highest BCUT2D eigenvalue weighted by molar-refractivity contribution is 6.35. The number of carbonyl (C=O) groups excluding carboxylic acids is 2. The first-order valence-corrected chi connectivity index (χ1v) is 11.3. The first-order chi connectivity index (χ1) is 16.6. The van der Waals surface area contributed by atoms with Gasteiger partial charge in [-0.15, -0.1) is 0 Å². The van der Waals surface area contributed by atoms with Crippen molar-refractivity contribution in [1.82, 2.24) is 20.5 Å². The second-order valence-electron chi connectivity index (χ2n) is 8.18. The summed E-state index contributed by atoms with van der Waals surface area (Å²) in [6.45, 7) is 3.64. The number of anilines is 1. The van der Waals surface area contributed by atoms with E-state index < -0.39 is 11.8 Å². The number of piperazine rings is 1. The van der Waals surface area contributed by atoms with E-state index in [-0.39, 0.29) is 11.9 Å². The highest BCUT2D eigenvalue weighted by atomic mass is 19.1. The number of hydrogen-bond donors (Lipinski definition) is 2. The first-order valence-electron chi connectivity index (χ1n) is 11.3. The predicted molar refractivity (Wildman–Crippen MR) is 128 cm³/mol. The van der Waals surface area contributed by atoms with Gasteiger partial charge in [-0.05, 0) is 41.5 Å². The molecule has 0 saturated carbocycles. The zero-order chi connectivity index (χ0) is 23.8. The highest BCUT2D eigenvalue weighted by Gasteiger charge is 2.26. The molecule has 1 aromatic heterocycles. The average Bonchev–Trinajstić information content (AvgIpc) is 2.89. The van der Waals surface area contributed by atoms with Crippen molar-refractivity contribution in [3.8, 4) is 0 Å². The molecular weight excluding hydrogens is 433 g/mol. The lowest BCUT2D eigenvalue weighted by Crippen LogP contribution is -2.50. The van der Waals surface area contributed by atoms with Crippen LogP contribution in [-0.2, 0) is 16.1 Å². The topological polar surface area (TPSA) is 77.6 Å². The molecule has 2 heterocycles. The molecule has 1 atom stereocenters. The van der Waals surface area contributed by atoms with Crippen molar-refractivity contribution in [3.63, 3.8) is 0 Å². The molecule has 176 valence electrons. The predicted octanol–water partition coefficient (Wildman–Crippen LogP) is 2.52. The van der Waals surface area contributed by atoms with E-state index in [1.165, 1.54) is 12.1 Å². The lowest BCUT2D eigenvalue weighted by Gasteiger charge is -2.40. The van der Waals surface area contributed by atoms with Crippen molar-refractivity contribution >= 4 is 17.5 Å². The molecular formula is C26H28FN5O2. The number of benzene rings is 2. The van der Waals surface area contributed by atoms with E-state index in [4.69, 9.17) is 0 Å². The fourth-order valence-electron chi connectivity index (χ4n) is 4.10. The van der Waals surface area contributed by atoms with Gasteiger partial charge in [0.25, 0.3) is 0 Å². The summed E-state index contributed by atoms with van der Waals surface area (Å²) in [6.07, 6.45) is 3.50. The summed E-state index contributed by atoms with van der Waals surface area (Å²) in [5, 5.41) is 5.45. The zero-order valence-corrected chi connectivity index (χ0v) is 18.9. The second-order valence-corrected chi connectivity index (χ2v) is 8.18. The molecule has 1 fully saturated rings. The van der Waals surface area contributed by atoms with E-state index in [0.717, 1.165) is 43.0 Å². The van der Waals surface area contributed by atoms with Gasteiger partial charge in [-0.1, -0.05) is 36.4 Å². The largest absolute Gasteiger partial charge is 0.369 e. The van der Waals surface area contributed by atoms with Gasteiger partial charge in [0.05, 0.1) is 6.04 Å². The monoisotopic (exact) mass is 461 g/mol. The molecule has 4 rings (SSSR count). The molecule has 1 aliphatic heterocycles. The summed E-state index contributed by atoms with van der Waals surface area (Å²) in [5.41, 5.74) is 2.89. The number of carbonyl (C=O) groups is 2. The minimum absolute atomic E-state index is 0.116. The lowest BCUT2D eigenvalue weighted by molar-refractivity contribution is -0.139. The summed E-state index contributed by atoms with van der Waals surface area (Å²) >= 11 is 0. The van der Waals surface area contributed by atoms with Crippen LogP contribution in [0.4, 0.5) is 10.1 Å². The molecule has 2 N–H and O–H groups in total. The smallest absolute Gasteiger partial charge is 0.309 e. The van der Waals surface area contributed by atoms with Crippen LogP contribution >= 0.6 is 0 Å². The van der Waals surface area contributed by atoms with Gasteiger partial charge < -0.3 is 15.5 Å². The summed E-state index contributed by atoms with van der Waals surface area (Å²) in [4.78, 5) is 33.5. The summed E-state index contributed by atoms with van der Waals surface area (Å²) < 4.78 is 13.3. The molecule has 34 heavy (non-hydrogen) atoms. The Morgan fingerprint density at radius 3 is 2.26 bits per heavy atom. The zero-order valence-electron chi connectivity index (χ0n) is 18.9. The Labute approximate surface area is 198 Å². The molecule has 0 unspecified atom stereocenters. The number of hydrogen-bond acceptors (Lipinski definition) is 5. The van der Waals surface area contributed by atoms with Crippen LogP contribution in [0.5, 0.6) is 0 Å². The van der Waals surface area contributed by atoms with Crippen molar-refractivity contribution < 1.29 is 14.0 Å². The third-order valence-corrected chi connectivity index (χ3v) is 5.97. The molecule has 0 aliphatic carbocycles. The molecule has 2 aromatic carbocycles. The Kier molecular flexibility index (Phi) is 7.83. The number of aromatic nitrogens is 1. The van der Waals surface area contributed by atoms with Gasteiger partial charge in [0, 0.05) is 57.3 Å². The highest BCUT2D eigenvalue weighted by Crippen LogP contribution is 2.23. The van der Waals surface area contributed by atoms with E-state index in [0.29, 0.717) is 13.1 Å². The van der Waals surface area contributed by atoms with E-state index in [2.05, 4.69) is 25.4 Å². The van der Waals surface area contributed by atoms with Crippen LogP contribution in [0.25, 0.3) is 0 Å². The van der Waals surface area contributed by atoms with Crippen LogP contribution < -0.4 is 15.5 Å². The van der Waals surface area contributed by atoms with Crippen molar-refractivity contribution in [3.05, 3.63) is 96.1 Å². The van der Waals surface area contributed by atoms with Gasteiger partial charge in [-0.25, -0.2) is 4.39 Å². The van der Waals surface area contributed by atoms with Gasteiger partial charge in [-0.2, -0.15) is 0 Å². The standard InChI is InChI=1S/C26H28FN5O2/c27-22-8-10-23(11-9-22)31-13-15-32(16-14-31)24(21-7-4-12-28-18-21)19-30-26(34)25(33)29-17-20-5-2-1-3-6-20/h1-12,18,24H,13-17,19H2,(H,29,33)(H,30,34)/t24-/m0/s1. The third-order valence-electron chi connectivity index (χ3n) is 5.97. The minimum Gasteiger partial charge on any atom is -0.369 e. The Morgan fingerprint density at radius 2 is 1.59 bits per heavy atom. The molecule has 0 bridgehead atoms. The number of nitrogens with one attached hydrogen (secondary N) is 2. The van der Waals surface area contributed by atoms with Gasteiger partial charge in [0.15, 0.2) is 0 Å². The Hall–Kier alpha value is -3.78. The Morgan fingerprint density at radius 1 is 0.882 bits per heavy atom. The van der Waals surface area contributed by atoms with Crippen LogP contribution in [0.2, 0.25) is 0 Å². The Bertz CT molecular complexity index is 1070. The molecule has 1 aliphatic rings. The lowest BCUT2D eigenvalue weighted by atomic mass is 10.1. The minimum atomic E-state index is -0.658. The quantitative estimate of drug-likeness (QED) is 0.529. The maximum absolute atomic E-state index is 13.3. The van der Waals surface area contributed by atoms with Gasteiger partial charge in [0.2, 0.25) is 0 Å². The van der Waals surface area contributed by atoms with Gasteiger partial charge in [-0.3, -0.25) is 19.5 Å². The maximum Gasteiger partial charge on any atom is 0.309 e. The third kappa shape index (κ3) is 6.17. The molecule has 2 amide bonds. The number of nitrogens with zero attached hydrogens (tertiary/aromatic N) is 3. The number of amides is 2. The first kappa shape index (κ1) is 23.4. The van der Waals surface area contributed by atoms with E-state index in [1.54, 1.807) is 24.5 Å². The van der Waals surface area contributed by atoms with Crippen LogP contribution in [0.1, 0.15) is 17.2 Å². The molecule has 8 heteroatoms. The second kappa shape index (κ2) is 11.4. The average molecular weight is 462 g/mol. The van der Waals surface area contributed by atoms with Crippen LogP contribution in [0.3, 0.4) is 0 Å². The molecule has 0 radical (unpaired) electrons. The normalized spacial score (nSPS) is 14.9. The van der Waals surface area contributed by atoms with E-state index >= 15 is 0 Å². The molecule has 7 nitrogen and oxygen atoms in total. The fourth-order valence-corrected chi connectivity index (χ4v) is 4.10. The Balaban J connectivity index is 1.35. The molecule has 3 aromatic rings. The number of halogens is 1. The van der Waals surface area contributed by atoms with Crippen LogP contribution in [0.15, 0.2) is 79.1 Å². The van der Waals surface area contributed by atoms with Crippen molar-refractivity contribution in [2.75, 3.05) is 37.6 Å². The number of rotatable bonds is 7. The van der Waals surface area contributed by atoms with Crippen molar-refractivity contribution in [1.29, 1.82) is 0 Å². The van der Waals surface area contributed by atoms with Crippen molar-refractivity contribution in [2.45, 2.75) is 12.6 Å². The van der Waals surface area contributed by atoms with Crippen LogP contribution in [0, 0.1) is 5.82 Å². The molecule has 1 saturated heterocycles. The van der Waals surface area contributed by atoms with Gasteiger partial charge >= 0.3 is 11.8 Å². The van der Waals surface area contributed by atoms with E-state index in [1.807, 2.05) is 42.5 Å². The van der Waals surface area contributed by atoms with Crippen LogP contribution in [-0.4, -0.2) is 54.4 Å². The maximum atomic E-state index is 13.3. The van der Waals surface area contributed by atoms with E-state index in [9.17, 15) is 14.0 Å². The summed E-state index contributed by atoms with van der Waals surface area (Å²) in [6, 6.07) is 19.7. The number of pyridine rings is 1. The summed E-state index contributed by atoms with van der Waals surface area (Å²) in [7, 11) is 0.